The number of benzene rings is 1. The number of ether oxygens (including phenoxy) is 1. The average molecular weight is 214 g/mol. The van der Waals surface area contributed by atoms with Gasteiger partial charge in [0.15, 0.2) is 5.78 Å². The van der Waals surface area contributed by atoms with Crippen LogP contribution in [0.3, 0.4) is 0 Å². The van der Waals surface area contributed by atoms with E-state index in [1.165, 1.54) is 5.56 Å². The highest BCUT2D eigenvalue weighted by Gasteiger charge is 2.30. The monoisotopic (exact) mass is 214 g/mol. The maximum absolute atomic E-state index is 11.9. The number of rotatable bonds is 0. The van der Waals surface area contributed by atoms with Gasteiger partial charge >= 0.3 is 0 Å². The highest BCUT2D eigenvalue weighted by Crippen LogP contribution is 2.37. The highest BCUT2D eigenvalue weighted by atomic mass is 16.5. The van der Waals surface area contributed by atoms with Crippen molar-refractivity contribution in [1.82, 2.24) is 0 Å². The Hall–Kier alpha value is -1.57. The molecule has 1 aromatic rings. The van der Waals surface area contributed by atoms with E-state index >= 15 is 0 Å². The van der Waals surface area contributed by atoms with E-state index in [0.717, 1.165) is 29.7 Å². The van der Waals surface area contributed by atoms with E-state index in [2.05, 4.69) is 12.1 Å². The van der Waals surface area contributed by atoms with Gasteiger partial charge in [0.1, 0.15) is 11.9 Å². The van der Waals surface area contributed by atoms with Crippen molar-refractivity contribution in [3.8, 4) is 0 Å². The quantitative estimate of drug-likeness (QED) is 0.663. The summed E-state index contributed by atoms with van der Waals surface area (Å²) in [6, 6.07) is 8.21. The van der Waals surface area contributed by atoms with Crippen molar-refractivity contribution < 1.29 is 9.53 Å². The first-order chi connectivity index (χ1) is 7.75. The molecular weight excluding hydrogens is 200 g/mol. The molecule has 1 heterocycles. The third kappa shape index (κ3) is 1.37. The standard InChI is InChI=1S/C14H14O2/c1-9-8-13(15)12-7-6-10-4-2-3-5-11(10)14(12)16-9/h2-5,9H,6-8H2,1H3. The fourth-order valence-corrected chi connectivity index (χ4v) is 2.52. The number of carbonyl (C=O) groups is 1. The molecule has 2 aliphatic rings. The number of Topliss-reactive ketones (excluding diaryl/α,β-unsaturated/α-hetero) is 1. The van der Waals surface area contributed by atoms with Crippen molar-refractivity contribution in [2.45, 2.75) is 32.3 Å². The SMILES string of the molecule is CC1CC(=O)C2=C(O1)c1ccccc1CC2. The smallest absolute Gasteiger partial charge is 0.166 e. The van der Waals surface area contributed by atoms with Crippen molar-refractivity contribution in [2.24, 2.45) is 0 Å². The zero-order valence-electron chi connectivity index (χ0n) is 9.32. The number of aryl methyl sites for hydroxylation is 1. The van der Waals surface area contributed by atoms with E-state index in [1.807, 2.05) is 19.1 Å². The van der Waals surface area contributed by atoms with Gasteiger partial charge in [0, 0.05) is 17.6 Å². The van der Waals surface area contributed by atoms with E-state index in [4.69, 9.17) is 4.74 Å². The molecule has 82 valence electrons. The number of allylic oxidation sites excluding steroid dienone is 1. The van der Waals surface area contributed by atoms with Crippen LogP contribution in [-0.4, -0.2) is 11.9 Å². The summed E-state index contributed by atoms with van der Waals surface area (Å²) in [6.45, 7) is 1.96. The number of hydrogen-bond acceptors (Lipinski definition) is 2. The molecule has 1 aromatic carbocycles. The molecule has 3 rings (SSSR count). The maximum Gasteiger partial charge on any atom is 0.166 e. The molecule has 1 unspecified atom stereocenters. The van der Waals surface area contributed by atoms with Gasteiger partial charge in [-0.05, 0) is 25.3 Å². The number of ketones is 1. The predicted octanol–water partition coefficient (Wildman–Crippen LogP) is 2.72. The van der Waals surface area contributed by atoms with Crippen molar-refractivity contribution in [3.63, 3.8) is 0 Å². The van der Waals surface area contributed by atoms with Crippen LogP contribution >= 0.6 is 0 Å². The molecule has 16 heavy (non-hydrogen) atoms. The summed E-state index contributed by atoms with van der Waals surface area (Å²) in [5.74, 6) is 1.11. The predicted molar refractivity (Wildman–Crippen MR) is 61.9 cm³/mol. The van der Waals surface area contributed by atoms with Crippen LogP contribution in [0.2, 0.25) is 0 Å². The van der Waals surface area contributed by atoms with Crippen LogP contribution in [0.25, 0.3) is 5.76 Å². The molecule has 1 atom stereocenters. The summed E-state index contributed by atoms with van der Waals surface area (Å²) >= 11 is 0. The first-order valence-corrected chi connectivity index (χ1v) is 5.77. The van der Waals surface area contributed by atoms with Crippen LogP contribution in [0.1, 0.15) is 30.9 Å². The lowest BCUT2D eigenvalue weighted by molar-refractivity contribution is -0.118. The largest absolute Gasteiger partial charge is 0.489 e. The van der Waals surface area contributed by atoms with E-state index < -0.39 is 0 Å². The van der Waals surface area contributed by atoms with E-state index in [9.17, 15) is 4.79 Å². The second kappa shape index (κ2) is 3.48. The van der Waals surface area contributed by atoms with Gasteiger partial charge < -0.3 is 4.74 Å². The molecule has 0 saturated heterocycles. The summed E-state index contributed by atoms with van der Waals surface area (Å²) in [5, 5.41) is 0. The van der Waals surface area contributed by atoms with Gasteiger partial charge in [-0.2, -0.15) is 0 Å². The Balaban J connectivity index is 2.15. The maximum atomic E-state index is 11.9. The molecular formula is C14H14O2. The lowest BCUT2D eigenvalue weighted by Crippen LogP contribution is -2.25. The van der Waals surface area contributed by atoms with Crippen LogP contribution in [0.5, 0.6) is 0 Å². The summed E-state index contributed by atoms with van der Waals surface area (Å²) in [6.07, 6.45) is 2.33. The Morgan fingerprint density at radius 3 is 2.94 bits per heavy atom. The van der Waals surface area contributed by atoms with Gasteiger partial charge in [-0.15, -0.1) is 0 Å². The molecule has 0 bridgehead atoms. The number of fused-ring (bicyclic) bond motifs is 2. The molecule has 1 aliphatic heterocycles. The molecule has 0 spiro atoms. The minimum atomic E-state index is 0.0115. The van der Waals surface area contributed by atoms with Gasteiger partial charge in [0.2, 0.25) is 0 Å². The van der Waals surface area contributed by atoms with Crippen LogP contribution in [0.4, 0.5) is 0 Å². The lowest BCUT2D eigenvalue weighted by Gasteiger charge is -2.29. The summed E-state index contributed by atoms with van der Waals surface area (Å²) in [5.41, 5.74) is 3.31. The number of carbonyl (C=O) groups excluding carboxylic acids is 1. The third-order valence-corrected chi connectivity index (χ3v) is 3.31. The minimum Gasteiger partial charge on any atom is -0.489 e. The molecule has 1 aliphatic carbocycles. The second-order valence-corrected chi connectivity index (χ2v) is 4.52. The molecule has 0 fully saturated rings. The van der Waals surface area contributed by atoms with Crippen molar-refractivity contribution in [3.05, 3.63) is 41.0 Å². The van der Waals surface area contributed by atoms with Crippen molar-refractivity contribution in [2.75, 3.05) is 0 Å². The summed E-state index contributed by atoms with van der Waals surface area (Å²) in [7, 11) is 0. The molecule has 2 heteroatoms. The third-order valence-electron chi connectivity index (χ3n) is 3.31. The van der Waals surface area contributed by atoms with Crippen molar-refractivity contribution >= 4 is 11.5 Å². The number of hydrogen-bond donors (Lipinski definition) is 0. The van der Waals surface area contributed by atoms with Crippen molar-refractivity contribution in [1.29, 1.82) is 0 Å². The summed E-state index contributed by atoms with van der Waals surface area (Å²) in [4.78, 5) is 11.9. The molecule has 0 radical (unpaired) electrons. The summed E-state index contributed by atoms with van der Waals surface area (Å²) < 4.78 is 5.85. The second-order valence-electron chi connectivity index (χ2n) is 4.52. The van der Waals surface area contributed by atoms with E-state index in [1.54, 1.807) is 0 Å². The van der Waals surface area contributed by atoms with Gasteiger partial charge in [-0.25, -0.2) is 0 Å². The Kier molecular flexibility index (Phi) is 2.10. The van der Waals surface area contributed by atoms with Gasteiger partial charge in [0.25, 0.3) is 0 Å². The van der Waals surface area contributed by atoms with Gasteiger partial charge in [-0.3, -0.25) is 4.79 Å². The molecule has 0 amide bonds. The Morgan fingerprint density at radius 1 is 1.25 bits per heavy atom. The Bertz CT molecular complexity index is 485. The molecule has 0 saturated carbocycles. The topological polar surface area (TPSA) is 26.3 Å². The normalized spacial score (nSPS) is 23.6. The Labute approximate surface area is 94.9 Å². The fraction of sp³-hybridized carbons (Fsp3) is 0.357. The molecule has 0 aromatic heterocycles. The van der Waals surface area contributed by atoms with Gasteiger partial charge in [-0.1, -0.05) is 24.3 Å². The minimum absolute atomic E-state index is 0.0115. The van der Waals surface area contributed by atoms with E-state index in [0.29, 0.717) is 6.42 Å². The van der Waals surface area contributed by atoms with Crippen LogP contribution in [0, 0.1) is 0 Å². The zero-order chi connectivity index (χ0) is 11.1. The van der Waals surface area contributed by atoms with Gasteiger partial charge in [0.05, 0.1) is 0 Å². The highest BCUT2D eigenvalue weighted by molar-refractivity contribution is 6.03. The van der Waals surface area contributed by atoms with Crippen LogP contribution in [-0.2, 0) is 16.0 Å². The molecule has 0 N–H and O–H groups in total. The first kappa shape index (κ1) is 9.64. The lowest BCUT2D eigenvalue weighted by atomic mass is 9.86. The molecule has 2 nitrogen and oxygen atoms in total. The fourth-order valence-electron chi connectivity index (χ4n) is 2.52. The van der Waals surface area contributed by atoms with E-state index in [-0.39, 0.29) is 11.9 Å². The van der Waals surface area contributed by atoms with Crippen LogP contribution < -0.4 is 0 Å². The average Bonchev–Trinajstić information content (AvgIpc) is 2.28. The van der Waals surface area contributed by atoms with Crippen LogP contribution in [0.15, 0.2) is 29.8 Å². The zero-order valence-corrected chi connectivity index (χ0v) is 9.32. The Morgan fingerprint density at radius 2 is 2.06 bits per heavy atom. The first-order valence-electron chi connectivity index (χ1n) is 5.77.